The molecule has 2 amide bonds. The van der Waals surface area contributed by atoms with E-state index in [1.54, 1.807) is 30.3 Å². The lowest BCUT2D eigenvalue weighted by Gasteiger charge is -2.09. The number of amides is 2. The van der Waals surface area contributed by atoms with Crippen LogP contribution < -0.4 is 10.6 Å². The van der Waals surface area contributed by atoms with Crippen LogP contribution in [0.1, 0.15) is 28.7 Å². The third-order valence-corrected chi connectivity index (χ3v) is 6.07. The minimum atomic E-state index is -0.205. The van der Waals surface area contributed by atoms with Gasteiger partial charge in [-0.2, -0.15) is 0 Å². The highest BCUT2D eigenvalue weighted by molar-refractivity contribution is 7.99. The van der Waals surface area contributed by atoms with Crippen LogP contribution in [0.3, 0.4) is 0 Å². The van der Waals surface area contributed by atoms with Gasteiger partial charge in [0.25, 0.3) is 5.91 Å². The molecule has 0 saturated heterocycles. The first kappa shape index (κ1) is 23.1. The predicted octanol–water partition coefficient (Wildman–Crippen LogP) is 4.57. The lowest BCUT2D eigenvalue weighted by molar-refractivity contribution is -0.113. The molecule has 0 fully saturated rings. The molecule has 0 aliphatic carbocycles. The summed E-state index contributed by atoms with van der Waals surface area (Å²) >= 11 is 13.1. The van der Waals surface area contributed by atoms with Crippen molar-refractivity contribution in [3.8, 4) is 0 Å². The Labute approximate surface area is 194 Å². The number of anilines is 1. The second-order valence-electron chi connectivity index (χ2n) is 6.66. The molecule has 31 heavy (non-hydrogen) atoms. The van der Waals surface area contributed by atoms with Gasteiger partial charge < -0.3 is 15.2 Å². The fourth-order valence-corrected chi connectivity index (χ4v) is 3.86. The first-order valence-corrected chi connectivity index (χ1v) is 11.3. The minimum absolute atomic E-state index is 0.147. The zero-order chi connectivity index (χ0) is 22.4. The normalized spacial score (nSPS) is 10.7. The largest absolute Gasteiger partial charge is 0.345 e. The van der Waals surface area contributed by atoms with Gasteiger partial charge in [0.15, 0.2) is 11.0 Å². The molecule has 7 nitrogen and oxygen atoms in total. The van der Waals surface area contributed by atoms with Crippen LogP contribution in [0, 0.1) is 6.92 Å². The van der Waals surface area contributed by atoms with Gasteiger partial charge in [-0.15, -0.1) is 10.2 Å². The molecule has 3 rings (SSSR count). The Morgan fingerprint density at radius 2 is 1.81 bits per heavy atom. The van der Waals surface area contributed by atoms with E-state index in [2.05, 4.69) is 20.8 Å². The number of aryl methyl sites for hydroxylation is 1. The molecule has 0 spiro atoms. The molecule has 2 aromatic carbocycles. The molecule has 1 heterocycles. The van der Waals surface area contributed by atoms with Gasteiger partial charge in [-0.25, -0.2) is 0 Å². The highest BCUT2D eigenvalue weighted by Gasteiger charge is 2.15. The van der Waals surface area contributed by atoms with E-state index < -0.39 is 0 Å². The molecule has 0 atom stereocenters. The van der Waals surface area contributed by atoms with Gasteiger partial charge in [0, 0.05) is 17.8 Å². The van der Waals surface area contributed by atoms with Crippen molar-refractivity contribution in [2.75, 3.05) is 11.1 Å². The van der Waals surface area contributed by atoms with Gasteiger partial charge in [0.05, 0.1) is 22.3 Å². The molecule has 0 unspecified atom stereocenters. The van der Waals surface area contributed by atoms with E-state index in [0.717, 1.165) is 5.56 Å². The van der Waals surface area contributed by atoms with E-state index in [0.29, 0.717) is 38.8 Å². The summed E-state index contributed by atoms with van der Waals surface area (Å²) in [6, 6.07) is 12.2. The van der Waals surface area contributed by atoms with Crippen molar-refractivity contribution in [2.45, 2.75) is 32.1 Å². The number of aromatic nitrogens is 3. The molecule has 0 aliphatic heterocycles. The number of nitrogens with zero attached hydrogens (tertiary/aromatic N) is 3. The Balaban J connectivity index is 1.56. The fraction of sp³-hybridized carbons (Fsp3) is 0.238. The Bertz CT molecular complexity index is 1090. The van der Waals surface area contributed by atoms with Crippen LogP contribution in [-0.2, 0) is 17.9 Å². The summed E-state index contributed by atoms with van der Waals surface area (Å²) < 4.78 is 1.87. The number of halogens is 2. The van der Waals surface area contributed by atoms with Crippen LogP contribution in [0.4, 0.5) is 5.69 Å². The number of benzene rings is 2. The summed E-state index contributed by atoms with van der Waals surface area (Å²) in [6.45, 7) is 4.77. The molecule has 0 saturated carbocycles. The molecular formula is C21H21Cl2N5O2S. The van der Waals surface area contributed by atoms with Crippen molar-refractivity contribution in [1.82, 2.24) is 20.1 Å². The Kier molecular flexibility index (Phi) is 7.95. The van der Waals surface area contributed by atoms with Crippen molar-refractivity contribution >= 4 is 52.5 Å². The Morgan fingerprint density at radius 1 is 1.06 bits per heavy atom. The number of rotatable bonds is 8. The third-order valence-electron chi connectivity index (χ3n) is 4.37. The maximum absolute atomic E-state index is 12.3. The van der Waals surface area contributed by atoms with E-state index in [1.165, 1.54) is 11.8 Å². The standard InChI is InChI=1S/C21H21Cl2N5O2S/c1-3-28-18(11-24-20(30)14-6-4-13(2)5-7-14)26-27-21(28)31-12-19(29)25-15-8-9-16(22)17(23)10-15/h4-10H,3,11-12H2,1-2H3,(H,24,30)(H,25,29). The van der Waals surface area contributed by atoms with Crippen molar-refractivity contribution < 1.29 is 9.59 Å². The molecule has 0 bridgehead atoms. The average molecular weight is 478 g/mol. The van der Waals surface area contributed by atoms with Crippen LogP contribution in [0.2, 0.25) is 10.0 Å². The molecule has 162 valence electrons. The number of carbonyl (C=O) groups excluding carboxylic acids is 2. The Morgan fingerprint density at radius 3 is 2.48 bits per heavy atom. The van der Waals surface area contributed by atoms with Crippen LogP contribution in [-0.4, -0.2) is 32.3 Å². The maximum Gasteiger partial charge on any atom is 0.251 e. The fourth-order valence-electron chi connectivity index (χ4n) is 2.74. The maximum atomic E-state index is 12.3. The van der Waals surface area contributed by atoms with Crippen molar-refractivity contribution in [3.63, 3.8) is 0 Å². The molecule has 0 aliphatic rings. The van der Waals surface area contributed by atoms with Crippen molar-refractivity contribution in [1.29, 1.82) is 0 Å². The van der Waals surface area contributed by atoms with Crippen LogP contribution in [0.5, 0.6) is 0 Å². The molecule has 3 aromatic rings. The molecule has 2 N–H and O–H groups in total. The summed E-state index contributed by atoms with van der Waals surface area (Å²) in [4.78, 5) is 24.6. The molecule has 0 radical (unpaired) electrons. The van der Waals surface area contributed by atoms with E-state index >= 15 is 0 Å². The lowest BCUT2D eigenvalue weighted by atomic mass is 10.1. The summed E-state index contributed by atoms with van der Waals surface area (Å²) in [7, 11) is 0. The molecule has 10 heteroatoms. The second kappa shape index (κ2) is 10.7. The zero-order valence-electron chi connectivity index (χ0n) is 17.0. The van der Waals surface area contributed by atoms with E-state index in [1.807, 2.05) is 30.5 Å². The van der Waals surface area contributed by atoms with Gasteiger partial charge in [0.1, 0.15) is 0 Å². The van der Waals surface area contributed by atoms with Gasteiger partial charge in [-0.1, -0.05) is 52.7 Å². The zero-order valence-corrected chi connectivity index (χ0v) is 19.3. The Hall–Kier alpha value is -2.55. The topological polar surface area (TPSA) is 88.9 Å². The SMILES string of the molecule is CCn1c(CNC(=O)c2ccc(C)cc2)nnc1SCC(=O)Nc1ccc(Cl)c(Cl)c1. The lowest BCUT2D eigenvalue weighted by Crippen LogP contribution is -2.24. The molecular weight excluding hydrogens is 457 g/mol. The van der Waals surface area contributed by atoms with E-state index in [4.69, 9.17) is 23.2 Å². The highest BCUT2D eigenvalue weighted by Crippen LogP contribution is 2.25. The van der Waals surface area contributed by atoms with Crippen molar-refractivity contribution in [2.24, 2.45) is 0 Å². The van der Waals surface area contributed by atoms with Gasteiger partial charge in [0.2, 0.25) is 5.91 Å². The van der Waals surface area contributed by atoms with Crippen LogP contribution in [0.15, 0.2) is 47.6 Å². The van der Waals surface area contributed by atoms with Gasteiger partial charge in [-0.3, -0.25) is 9.59 Å². The molecule has 1 aromatic heterocycles. The number of hydrogen-bond donors (Lipinski definition) is 2. The summed E-state index contributed by atoms with van der Waals surface area (Å²) in [5.41, 5.74) is 2.24. The highest BCUT2D eigenvalue weighted by atomic mass is 35.5. The van der Waals surface area contributed by atoms with Crippen molar-refractivity contribution in [3.05, 3.63) is 69.5 Å². The summed E-state index contributed by atoms with van der Waals surface area (Å²) in [6.07, 6.45) is 0. The van der Waals surface area contributed by atoms with Gasteiger partial charge >= 0.3 is 0 Å². The minimum Gasteiger partial charge on any atom is -0.345 e. The van der Waals surface area contributed by atoms with Crippen LogP contribution in [0.25, 0.3) is 0 Å². The average Bonchev–Trinajstić information content (AvgIpc) is 3.15. The quantitative estimate of drug-likeness (QED) is 0.463. The summed E-state index contributed by atoms with van der Waals surface area (Å²) in [5, 5.41) is 15.3. The monoisotopic (exact) mass is 477 g/mol. The second-order valence-corrected chi connectivity index (χ2v) is 8.41. The first-order chi connectivity index (χ1) is 14.9. The van der Waals surface area contributed by atoms with E-state index in [-0.39, 0.29) is 24.1 Å². The number of carbonyl (C=O) groups is 2. The van der Waals surface area contributed by atoms with E-state index in [9.17, 15) is 9.59 Å². The smallest absolute Gasteiger partial charge is 0.251 e. The van der Waals surface area contributed by atoms with Crippen LogP contribution >= 0.6 is 35.0 Å². The predicted molar refractivity (Wildman–Crippen MR) is 124 cm³/mol. The summed E-state index contributed by atoms with van der Waals surface area (Å²) in [5.74, 6) is 0.383. The van der Waals surface area contributed by atoms with Gasteiger partial charge in [-0.05, 0) is 44.2 Å². The number of thioether (sulfide) groups is 1. The number of hydrogen-bond acceptors (Lipinski definition) is 5. The number of nitrogens with one attached hydrogen (secondary N) is 2. The third kappa shape index (κ3) is 6.22. The first-order valence-electron chi connectivity index (χ1n) is 9.52.